The lowest BCUT2D eigenvalue weighted by Gasteiger charge is -2.34. The fourth-order valence-electron chi connectivity index (χ4n) is 4.21. The van der Waals surface area contributed by atoms with Gasteiger partial charge in [-0.05, 0) is 23.6 Å². The van der Waals surface area contributed by atoms with Gasteiger partial charge in [-0.25, -0.2) is 14.8 Å². The summed E-state index contributed by atoms with van der Waals surface area (Å²) in [5, 5.41) is 7.09. The van der Waals surface area contributed by atoms with Gasteiger partial charge in [0.1, 0.15) is 17.7 Å². The molecule has 0 aliphatic carbocycles. The predicted octanol–water partition coefficient (Wildman–Crippen LogP) is 2.58. The van der Waals surface area contributed by atoms with Gasteiger partial charge in [0.2, 0.25) is 5.91 Å². The lowest BCUT2D eigenvalue weighted by atomic mass is 10.0. The number of primary amides is 1. The zero-order valence-electron chi connectivity index (χ0n) is 20.3. The zero-order chi connectivity index (χ0) is 24.8. The van der Waals surface area contributed by atoms with Gasteiger partial charge in [0.15, 0.2) is 0 Å². The first-order valence-electron chi connectivity index (χ1n) is 12.0. The Morgan fingerprint density at radius 1 is 0.971 bits per heavy atom. The fraction of sp³-hybridized carbons (Fsp3) is 0.385. The maximum absolute atomic E-state index is 12.6. The number of para-hydroxylation sites is 1. The number of nitrogens with two attached hydrogens (primary N) is 1. The summed E-state index contributed by atoms with van der Waals surface area (Å²) in [7, 11) is 0. The second-order valence-corrected chi connectivity index (χ2v) is 9.18. The number of nitrogens with zero attached hydrogens (tertiary/aromatic N) is 4. The van der Waals surface area contributed by atoms with E-state index in [1.165, 1.54) is 0 Å². The van der Waals surface area contributed by atoms with Crippen LogP contribution in [-0.2, 0) is 17.9 Å². The van der Waals surface area contributed by atoms with Crippen LogP contribution in [0.5, 0.6) is 0 Å². The molecule has 3 amide bonds. The van der Waals surface area contributed by atoms with E-state index in [0.717, 1.165) is 29.6 Å². The Balaban J connectivity index is 1.39. The predicted molar refractivity (Wildman–Crippen MR) is 137 cm³/mol. The van der Waals surface area contributed by atoms with Crippen molar-refractivity contribution in [2.24, 2.45) is 11.7 Å². The van der Waals surface area contributed by atoms with Gasteiger partial charge in [0.05, 0.1) is 12.1 Å². The molecule has 1 atom stereocenters. The number of hydrogen-bond acceptors (Lipinski definition) is 6. The van der Waals surface area contributed by atoms with Gasteiger partial charge < -0.3 is 21.3 Å². The largest absolute Gasteiger partial charge is 0.368 e. The summed E-state index contributed by atoms with van der Waals surface area (Å²) < 4.78 is 0. The molecule has 9 nitrogen and oxygen atoms in total. The highest BCUT2D eigenvalue weighted by Crippen LogP contribution is 2.23. The number of anilines is 1. The average Bonchev–Trinajstić information content (AvgIpc) is 2.86. The Hall–Kier alpha value is -3.72. The number of rotatable bonds is 8. The van der Waals surface area contributed by atoms with Crippen LogP contribution in [0.15, 0.2) is 54.6 Å². The molecule has 2 aromatic carbocycles. The molecule has 1 aliphatic heterocycles. The summed E-state index contributed by atoms with van der Waals surface area (Å²) in [5.74, 6) is 0.888. The van der Waals surface area contributed by atoms with E-state index in [9.17, 15) is 9.59 Å². The van der Waals surface area contributed by atoms with Crippen LogP contribution in [0.1, 0.15) is 25.2 Å². The molecular formula is C26H33N7O2. The highest BCUT2D eigenvalue weighted by atomic mass is 16.2. The van der Waals surface area contributed by atoms with E-state index in [1.54, 1.807) is 0 Å². The molecule has 4 N–H and O–H groups in total. The Labute approximate surface area is 205 Å². The molecule has 0 unspecified atom stereocenters. The molecule has 1 aromatic heterocycles. The third kappa shape index (κ3) is 6.24. The van der Waals surface area contributed by atoms with E-state index in [-0.39, 0.29) is 11.9 Å². The third-order valence-corrected chi connectivity index (χ3v) is 6.23. The number of nitrogens with one attached hydrogen (secondary N) is 2. The smallest absolute Gasteiger partial charge is 0.317 e. The Kier molecular flexibility index (Phi) is 7.77. The number of hydrogen-bond donors (Lipinski definition) is 3. The lowest BCUT2D eigenvalue weighted by molar-refractivity contribution is -0.119. The minimum atomic E-state index is -0.529. The molecule has 0 saturated carbocycles. The van der Waals surface area contributed by atoms with Gasteiger partial charge in [-0.15, -0.1) is 0 Å². The first-order chi connectivity index (χ1) is 16.9. The van der Waals surface area contributed by atoms with Gasteiger partial charge in [-0.1, -0.05) is 56.3 Å². The summed E-state index contributed by atoms with van der Waals surface area (Å²) in [6.07, 6.45) is 0. The van der Waals surface area contributed by atoms with Crippen molar-refractivity contribution in [3.8, 4) is 0 Å². The van der Waals surface area contributed by atoms with E-state index < -0.39 is 11.9 Å². The SMILES string of the molecule is CC(C)[C@H](Nc1nc(CN2CCN(C(=O)NCc3ccccc3)CC2)nc2ccccc12)C(N)=O. The normalized spacial score (nSPS) is 15.2. The molecule has 0 radical (unpaired) electrons. The fourth-order valence-corrected chi connectivity index (χ4v) is 4.21. The van der Waals surface area contributed by atoms with Crippen molar-refractivity contribution in [3.63, 3.8) is 0 Å². The number of urea groups is 1. The first kappa shape index (κ1) is 24.4. The lowest BCUT2D eigenvalue weighted by Crippen LogP contribution is -2.51. The molecule has 4 rings (SSSR count). The van der Waals surface area contributed by atoms with Crippen LogP contribution >= 0.6 is 0 Å². The van der Waals surface area contributed by atoms with Crippen LogP contribution < -0.4 is 16.4 Å². The van der Waals surface area contributed by atoms with Crippen molar-refractivity contribution in [2.75, 3.05) is 31.5 Å². The maximum atomic E-state index is 12.6. The van der Waals surface area contributed by atoms with Crippen LogP contribution in [0.3, 0.4) is 0 Å². The molecule has 184 valence electrons. The van der Waals surface area contributed by atoms with Crippen molar-refractivity contribution in [3.05, 3.63) is 66.0 Å². The molecule has 0 bridgehead atoms. The highest BCUT2D eigenvalue weighted by Gasteiger charge is 2.24. The third-order valence-electron chi connectivity index (χ3n) is 6.23. The molecular weight excluding hydrogens is 442 g/mol. The minimum absolute atomic E-state index is 0.0193. The Morgan fingerprint density at radius 3 is 2.34 bits per heavy atom. The standard InChI is InChI=1S/C26H33N7O2/c1-18(2)23(24(27)34)31-25-20-10-6-7-11-21(20)29-22(30-25)17-32-12-14-33(15-13-32)26(35)28-16-19-8-4-3-5-9-19/h3-11,18,23H,12-17H2,1-2H3,(H2,27,34)(H,28,35)(H,29,30,31)/t23-/m0/s1. The number of aromatic nitrogens is 2. The van der Waals surface area contributed by atoms with Gasteiger partial charge in [0, 0.05) is 38.1 Å². The Morgan fingerprint density at radius 2 is 1.66 bits per heavy atom. The van der Waals surface area contributed by atoms with Crippen LogP contribution in [0, 0.1) is 5.92 Å². The van der Waals surface area contributed by atoms with Crippen molar-refractivity contribution >= 4 is 28.7 Å². The quantitative estimate of drug-likeness (QED) is 0.461. The molecule has 0 spiro atoms. The molecule has 1 fully saturated rings. The minimum Gasteiger partial charge on any atom is -0.368 e. The molecule has 2 heterocycles. The number of fused-ring (bicyclic) bond motifs is 1. The summed E-state index contributed by atoms with van der Waals surface area (Å²) in [6.45, 7) is 7.70. The maximum Gasteiger partial charge on any atom is 0.317 e. The highest BCUT2D eigenvalue weighted by molar-refractivity contribution is 5.91. The van der Waals surface area contributed by atoms with Gasteiger partial charge in [-0.3, -0.25) is 9.69 Å². The number of benzene rings is 2. The second kappa shape index (κ2) is 11.1. The Bertz CT molecular complexity index is 1160. The second-order valence-electron chi connectivity index (χ2n) is 9.18. The summed E-state index contributed by atoms with van der Waals surface area (Å²) in [4.78, 5) is 38.1. The summed E-state index contributed by atoms with van der Waals surface area (Å²) in [6, 6.07) is 17.0. The van der Waals surface area contributed by atoms with Crippen LogP contribution in [0.25, 0.3) is 10.9 Å². The summed E-state index contributed by atoms with van der Waals surface area (Å²) >= 11 is 0. The number of amides is 3. The van der Waals surface area contributed by atoms with Crippen molar-refractivity contribution in [1.82, 2.24) is 25.1 Å². The molecule has 9 heteroatoms. The summed E-state index contributed by atoms with van der Waals surface area (Å²) in [5.41, 5.74) is 7.51. The molecule has 35 heavy (non-hydrogen) atoms. The van der Waals surface area contributed by atoms with E-state index in [0.29, 0.717) is 37.8 Å². The van der Waals surface area contributed by atoms with E-state index in [1.807, 2.05) is 73.3 Å². The number of piperazine rings is 1. The molecule has 1 aliphatic rings. The topological polar surface area (TPSA) is 116 Å². The first-order valence-corrected chi connectivity index (χ1v) is 12.0. The number of carbonyl (C=O) groups is 2. The van der Waals surface area contributed by atoms with Crippen LogP contribution in [0.2, 0.25) is 0 Å². The van der Waals surface area contributed by atoms with Gasteiger partial charge in [0.25, 0.3) is 0 Å². The van der Waals surface area contributed by atoms with Crippen molar-refractivity contribution in [1.29, 1.82) is 0 Å². The zero-order valence-corrected chi connectivity index (χ0v) is 20.3. The van der Waals surface area contributed by atoms with Crippen LogP contribution in [0.4, 0.5) is 10.6 Å². The van der Waals surface area contributed by atoms with Gasteiger partial charge in [-0.2, -0.15) is 0 Å². The number of carbonyl (C=O) groups excluding carboxylic acids is 2. The average molecular weight is 476 g/mol. The van der Waals surface area contributed by atoms with E-state index >= 15 is 0 Å². The molecule has 3 aromatic rings. The van der Waals surface area contributed by atoms with Crippen molar-refractivity contribution < 1.29 is 9.59 Å². The van der Waals surface area contributed by atoms with Crippen LogP contribution in [-0.4, -0.2) is 63.9 Å². The van der Waals surface area contributed by atoms with E-state index in [4.69, 9.17) is 15.7 Å². The monoisotopic (exact) mass is 475 g/mol. The van der Waals surface area contributed by atoms with Crippen molar-refractivity contribution in [2.45, 2.75) is 33.0 Å². The molecule has 1 saturated heterocycles. The van der Waals surface area contributed by atoms with E-state index in [2.05, 4.69) is 15.5 Å². The van der Waals surface area contributed by atoms with Gasteiger partial charge >= 0.3 is 6.03 Å².